The lowest BCUT2D eigenvalue weighted by molar-refractivity contribution is 0.0675. The van der Waals surface area contributed by atoms with Gasteiger partial charge in [0, 0.05) is 0 Å². The van der Waals surface area contributed by atoms with Crippen molar-refractivity contribution in [3.8, 4) is 11.5 Å². The van der Waals surface area contributed by atoms with Gasteiger partial charge in [-0.2, -0.15) is 0 Å². The fourth-order valence-electron chi connectivity index (χ4n) is 4.03. The Morgan fingerprint density at radius 2 is 2.13 bits per heavy atom. The fraction of sp³-hybridized carbons (Fsp3) is 0.556. The van der Waals surface area contributed by atoms with Gasteiger partial charge in [0.2, 0.25) is 0 Å². The topological polar surface area (TPSA) is 60.0 Å². The van der Waals surface area contributed by atoms with Crippen LogP contribution in [0.1, 0.15) is 42.0 Å². The first-order chi connectivity index (χ1) is 11.2. The highest BCUT2D eigenvalue weighted by molar-refractivity contribution is 5.76. The molecule has 5 heteroatoms. The minimum atomic E-state index is -0.308. The zero-order chi connectivity index (χ0) is 16.0. The highest BCUT2D eigenvalue weighted by atomic mass is 16.5. The van der Waals surface area contributed by atoms with Crippen LogP contribution in [0.3, 0.4) is 0 Å². The second-order valence-electron chi connectivity index (χ2n) is 6.43. The van der Waals surface area contributed by atoms with Crippen LogP contribution in [0.5, 0.6) is 11.5 Å². The third kappa shape index (κ3) is 2.30. The molecular formula is C18H23NO4. The van der Waals surface area contributed by atoms with Crippen LogP contribution in [-0.2, 0) is 11.2 Å². The van der Waals surface area contributed by atoms with Crippen LogP contribution in [0.15, 0.2) is 12.1 Å². The molecule has 4 rings (SSSR count). The van der Waals surface area contributed by atoms with Crippen molar-refractivity contribution in [1.29, 1.82) is 0 Å². The van der Waals surface area contributed by atoms with E-state index in [1.807, 2.05) is 6.08 Å². The number of ether oxygens (including phenoxy) is 3. The molecule has 2 bridgehead atoms. The normalized spacial score (nSPS) is 30.9. The molecule has 0 fully saturated rings. The van der Waals surface area contributed by atoms with Crippen LogP contribution in [0.2, 0.25) is 0 Å². The van der Waals surface area contributed by atoms with Gasteiger partial charge in [-0.1, -0.05) is 0 Å². The summed E-state index contributed by atoms with van der Waals surface area (Å²) in [7, 11) is 3.33. The summed E-state index contributed by atoms with van der Waals surface area (Å²) in [6, 6.07) is 2.25. The molecule has 3 aliphatic heterocycles. The monoisotopic (exact) mass is 317 g/mol. The number of fused-ring (bicyclic) bond motifs is 4. The van der Waals surface area contributed by atoms with Gasteiger partial charge in [0.15, 0.2) is 11.5 Å². The lowest BCUT2D eigenvalue weighted by atomic mass is 9.81. The Morgan fingerprint density at radius 1 is 1.26 bits per heavy atom. The van der Waals surface area contributed by atoms with Gasteiger partial charge in [-0.05, 0) is 55.5 Å². The zero-order valence-corrected chi connectivity index (χ0v) is 13.6. The maximum atomic E-state index is 10.1. The average Bonchev–Trinajstić information content (AvgIpc) is 2.57. The molecule has 0 aromatic heterocycles. The Balaban J connectivity index is 1.97. The standard InChI is InChI=1S/C18H23NO4/c1-21-14-9-10-7-8-19-17-13-6-4-11(20)3-5-12(23-13)16(15(10)17)18(14)22-2/h5,9,11,13,17,19-20H,3-4,6-8H2,1-2H3/b12-5+/t11-,13+,17-/m0/s1. The molecule has 1 aromatic carbocycles. The van der Waals surface area contributed by atoms with Crippen LogP contribution in [0, 0.1) is 0 Å². The SMILES string of the molecule is COc1cc2c3c(c1OC)/C1=C\C[C@H](O)CC[C@@H](O1)[C@@H]3NCC2. The molecular weight excluding hydrogens is 294 g/mol. The average molecular weight is 317 g/mol. The van der Waals surface area contributed by atoms with Crippen molar-refractivity contribution in [3.63, 3.8) is 0 Å². The van der Waals surface area contributed by atoms with Crippen LogP contribution in [0.4, 0.5) is 0 Å². The molecule has 2 N–H and O–H groups in total. The van der Waals surface area contributed by atoms with Crippen molar-refractivity contribution in [3.05, 3.63) is 28.8 Å². The summed E-state index contributed by atoms with van der Waals surface area (Å²) in [5, 5.41) is 13.7. The minimum Gasteiger partial charge on any atom is -0.493 e. The summed E-state index contributed by atoms with van der Waals surface area (Å²) in [5.41, 5.74) is 3.58. The van der Waals surface area contributed by atoms with Crippen molar-refractivity contribution < 1.29 is 19.3 Å². The third-order valence-electron chi connectivity index (χ3n) is 5.12. The molecule has 3 heterocycles. The van der Waals surface area contributed by atoms with Crippen molar-refractivity contribution in [1.82, 2.24) is 5.32 Å². The van der Waals surface area contributed by atoms with E-state index < -0.39 is 0 Å². The van der Waals surface area contributed by atoms with Gasteiger partial charge in [0.05, 0.1) is 31.9 Å². The van der Waals surface area contributed by atoms with E-state index in [0.717, 1.165) is 48.6 Å². The number of nitrogens with one attached hydrogen (secondary N) is 1. The van der Waals surface area contributed by atoms with Crippen molar-refractivity contribution in [2.24, 2.45) is 0 Å². The number of aliphatic hydroxyl groups excluding tert-OH is 1. The molecule has 1 aromatic rings. The Labute approximate surface area is 136 Å². The van der Waals surface area contributed by atoms with Crippen LogP contribution in [0.25, 0.3) is 5.76 Å². The molecule has 0 saturated carbocycles. The van der Waals surface area contributed by atoms with Gasteiger partial charge < -0.3 is 24.6 Å². The van der Waals surface area contributed by atoms with E-state index in [1.54, 1.807) is 14.2 Å². The second kappa shape index (κ2) is 5.73. The fourth-order valence-corrected chi connectivity index (χ4v) is 4.03. The van der Waals surface area contributed by atoms with E-state index in [9.17, 15) is 5.11 Å². The number of aliphatic hydroxyl groups is 1. The summed E-state index contributed by atoms with van der Waals surface area (Å²) < 4.78 is 17.5. The highest BCUT2D eigenvalue weighted by Crippen LogP contribution is 2.49. The predicted molar refractivity (Wildman–Crippen MR) is 86.7 cm³/mol. The lowest BCUT2D eigenvalue weighted by Crippen LogP contribution is -2.43. The number of methoxy groups -OCH3 is 2. The first kappa shape index (κ1) is 14.8. The molecule has 0 amide bonds. The molecule has 0 spiro atoms. The van der Waals surface area contributed by atoms with E-state index in [-0.39, 0.29) is 18.2 Å². The van der Waals surface area contributed by atoms with Gasteiger partial charge in [0.1, 0.15) is 11.9 Å². The van der Waals surface area contributed by atoms with Gasteiger partial charge in [-0.25, -0.2) is 0 Å². The lowest BCUT2D eigenvalue weighted by Gasteiger charge is -2.42. The number of hydrogen-bond acceptors (Lipinski definition) is 5. The van der Waals surface area contributed by atoms with Crippen molar-refractivity contribution >= 4 is 5.76 Å². The molecule has 3 aliphatic rings. The minimum absolute atomic E-state index is 0.0563. The van der Waals surface area contributed by atoms with Crippen LogP contribution < -0.4 is 14.8 Å². The number of rotatable bonds is 2. The number of hydrogen-bond donors (Lipinski definition) is 2. The summed E-state index contributed by atoms with van der Waals surface area (Å²) >= 11 is 0. The van der Waals surface area contributed by atoms with Gasteiger partial charge >= 0.3 is 0 Å². The maximum absolute atomic E-state index is 10.1. The Bertz CT molecular complexity index is 655. The largest absolute Gasteiger partial charge is 0.493 e. The quantitative estimate of drug-likeness (QED) is 0.875. The summed E-state index contributed by atoms with van der Waals surface area (Å²) in [5.74, 6) is 2.29. The zero-order valence-electron chi connectivity index (χ0n) is 13.6. The second-order valence-corrected chi connectivity index (χ2v) is 6.43. The molecule has 124 valence electrons. The highest BCUT2D eigenvalue weighted by Gasteiger charge is 2.40. The Kier molecular flexibility index (Phi) is 3.70. The predicted octanol–water partition coefficient (Wildman–Crippen LogP) is 2.18. The maximum Gasteiger partial charge on any atom is 0.172 e. The van der Waals surface area contributed by atoms with E-state index in [1.165, 1.54) is 11.1 Å². The first-order valence-corrected chi connectivity index (χ1v) is 8.29. The molecule has 0 unspecified atom stereocenters. The van der Waals surface area contributed by atoms with Gasteiger partial charge in [-0.15, -0.1) is 0 Å². The smallest absolute Gasteiger partial charge is 0.172 e. The Hall–Kier alpha value is -1.72. The van der Waals surface area contributed by atoms with Gasteiger partial charge in [0.25, 0.3) is 0 Å². The molecule has 5 nitrogen and oxygen atoms in total. The van der Waals surface area contributed by atoms with Crippen molar-refractivity contribution in [2.45, 2.75) is 43.9 Å². The van der Waals surface area contributed by atoms with E-state index in [2.05, 4.69) is 11.4 Å². The first-order valence-electron chi connectivity index (χ1n) is 8.29. The van der Waals surface area contributed by atoms with Crippen molar-refractivity contribution in [2.75, 3.05) is 20.8 Å². The molecule has 0 aliphatic carbocycles. The van der Waals surface area contributed by atoms with Gasteiger partial charge in [-0.3, -0.25) is 0 Å². The summed E-state index contributed by atoms with van der Waals surface area (Å²) in [6.07, 6.45) is 4.95. The molecule has 0 saturated heterocycles. The summed E-state index contributed by atoms with van der Waals surface area (Å²) in [6.45, 7) is 0.925. The molecule has 3 atom stereocenters. The van der Waals surface area contributed by atoms with Crippen LogP contribution in [-0.4, -0.2) is 38.1 Å². The summed E-state index contributed by atoms with van der Waals surface area (Å²) in [4.78, 5) is 0. The number of benzene rings is 1. The molecule has 0 radical (unpaired) electrons. The molecule has 23 heavy (non-hydrogen) atoms. The Morgan fingerprint density at radius 3 is 2.91 bits per heavy atom. The van der Waals surface area contributed by atoms with Crippen LogP contribution >= 0.6 is 0 Å². The van der Waals surface area contributed by atoms with E-state index >= 15 is 0 Å². The van der Waals surface area contributed by atoms with E-state index in [0.29, 0.717) is 6.42 Å². The van der Waals surface area contributed by atoms with E-state index in [4.69, 9.17) is 14.2 Å². The third-order valence-corrected chi connectivity index (χ3v) is 5.12.